The summed E-state index contributed by atoms with van der Waals surface area (Å²) < 4.78 is 0. The van der Waals surface area contributed by atoms with Gasteiger partial charge in [-0.05, 0) is 44.5 Å². The highest BCUT2D eigenvalue weighted by atomic mass is 35.5. The van der Waals surface area contributed by atoms with Crippen LogP contribution in [0, 0.1) is 5.92 Å². The van der Waals surface area contributed by atoms with Crippen LogP contribution in [0.2, 0.25) is 5.02 Å². The van der Waals surface area contributed by atoms with Gasteiger partial charge in [0.25, 0.3) is 0 Å². The Bertz CT molecular complexity index is 551. The number of piperazine rings is 1. The molecule has 2 rings (SSSR count). The van der Waals surface area contributed by atoms with Gasteiger partial charge in [0.2, 0.25) is 5.91 Å². The van der Waals surface area contributed by atoms with Crippen molar-refractivity contribution >= 4 is 17.5 Å². The fourth-order valence-electron chi connectivity index (χ4n) is 3.33. The third-order valence-electron chi connectivity index (χ3n) is 5.27. The molecule has 1 N–H and O–H groups in total. The normalized spacial score (nSPS) is 18.1. The van der Waals surface area contributed by atoms with Gasteiger partial charge in [0.1, 0.15) is 0 Å². The Kier molecular flexibility index (Phi) is 7.29. The number of carbonyl (C=O) groups excluding carboxylic acids is 1. The van der Waals surface area contributed by atoms with Gasteiger partial charge in [-0.2, -0.15) is 0 Å². The Balaban J connectivity index is 1.80. The molecule has 4 nitrogen and oxygen atoms in total. The molecule has 1 aliphatic heterocycles. The van der Waals surface area contributed by atoms with Gasteiger partial charge in [-0.3, -0.25) is 9.69 Å². The highest BCUT2D eigenvalue weighted by Crippen LogP contribution is 2.17. The predicted octanol–water partition coefficient (Wildman–Crippen LogP) is 3.05. The van der Waals surface area contributed by atoms with Crippen molar-refractivity contribution in [3.63, 3.8) is 0 Å². The Morgan fingerprint density at radius 2 is 1.80 bits per heavy atom. The minimum Gasteiger partial charge on any atom is -0.354 e. The molecule has 1 unspecified atom stereocenters. The van der Waals surface area contributed by atoms with Crippen LogP contribution in [-0.4, -0.2) is 60.5 Å². The second-order valence-electron chi connectivity index (χ2n) is 7.68. The molecule has 0 aromatic heterocycles. The van der Waals surface area contributed by atoms with E-state index < -0.39 is 0 Å². The van der Waals surface area contributed by atoms with Gasteiger partial charge >= 0.3 is 0 Å². The highest BCUT2D eigenvalue weighted by Gasteiger charge is 2.30. The van der Waals surface area contributed by atoms with Crippen LogP contribution in [0.3, 0.4) is 0 Å². The lowest BCUT2D eigenvalue weighted by Gasteiger charge is -2.44. The quantitative estimate of drug-likeness (QED) is 0.806. The number of amides is 1. The number of benzene rings is 1. The van der Waals surface area contributed by atoms with Crippen LogP contribution in [0.25, 0.3) is 0 Å². The molecule has 5 heteroatoms. The molecule has 0 aliphatic carbocycles. The van der Waals surface area contributed by atoms with Crippen LogP contribution in [0.1, 0.15) is 33.3 Å². The van der Waals surface area contributed by atoms with E-state index in [2.05, 4.69) is 35.9 Å². The molecule has 1 saturated heterocycles. The molecular formula is C20H32ClN3O. The van der Waals surface area contributed by atoms with Gasteiger partial charge in [0, 0.05) is 49.2 Å². The summed E-state index contributed by atoms with van der Waals surface area (Å²) in [5.41, 5.74) is 1.12. The van der Waals surface area contributed by atoms with Crippen molar-refractivity contribution in [3.05, 3.63) is 34.9 Å². The molecule has 1 aliphatic rings. The summed E-state index contributed by atoms with van der Waals surface area (Å²) in [6, 6.07) is 7.73. The van der Waals surface area contributed by atoms with Gasteiger partial charge in [0.05, 0.1) is 0 Å². The van der Waals surface area contributed by atoms with E-state index in [4.69, 9.17) is 11.6 Å². The lowest BCUT2D eigenvalue weighted by molar-refractivity contribution is -0.125. The van der Waals surface area contributed by atoms with Crippen molar-refractivity contribution in [1.29, 1.82) is 0 Å². The molecular weight excluding hydrogens is 334 g/mol. The third kappa shape index (κ3) is 5.98. The number of likely N-dealkylation sites (N-methyl/N-ethyl adjacent to an activating group) is 1. The fourth-order valence-corrected chi connectivity index (χ4v) is 3.45. The molecule has 1 amide bonds. The van der Waals surface area contributed by atoms with Gasteiger partial charge in [-0.25, -0.2) is 0 Å². The largest absolute Gasteiger partial charge is 0.354 e. The summed E-state index contributed by atoms with van der Waals surface area (Å²) in [6.45, 7) is 14.8. The molecule has 1 fully saturated rings. The zero-order chi connectivity index (χ0) is 18.4. The van der Waals surface area contributed by atoms with Gasteiger partial charge in [-0.1, -0.05) is 37.6 Å². The molecule has 0 radical (unpaired) electrons. The molecule has 0 saturated carbocycles. The first kappa shape index (κ1) is 20.2. The van der Waals surface area contributed by atoms with Gasteiger partial charge < -0.3 is 10.2 Å². The molecule has 1 aromatic carbocycles. The summed E-state index contributed by atoms with van der Waals surface area (Å²) in [5, 5.41) is 3.88. The molecule has 140 valence electrons. The van der Waals surface area contributed by atoms with E-state index in [9.17, 15) is 4.79 Å². The van der Waals surface area contributed by atoms with Crippen molar-refractivity contribution in [2.24, 2.45) is 5.92 Å². The Hall–Kier alpha value is -1.10. The van der Waals surface area contributed by atoms with Crippen molar-refractivity contribution in [2.75, 3.05) is 39.3 Å². The van der Waals surface area contributed by atoms with E-state index >= 15 is 0 Å². The monoisotopic (exact) mass is 365 g/mol. The predicted molar refractivity (Wildman–Crippen MR) is 105 cm³/mol. The van der Waals surface area contributed by atoms with Crippen LogP contribution in [0.15, 0.2) is 24.3 Å². The van der Waals surface area contributed by atoms with Crippen LogP contribution in [-0.2, 0) is 11.2 Å². The fraction of sp³-hybridized carbons (Fsp3) is 0.650. The number of rotatable bonds is 7. The summed E-state index contributed by atoms with van der Waals surface area (Å²) in [7, 11) is 0. The second-order valence-corrected chi connectivity index (χ2v) is 8.12. The van der Waals surface area contributed by atoms with Crippen molar-refractivity contribution < 1.29 is 4.79 Å². The summed E-state index contributed by atoms with van der Waals surface area (Å²) in [5.74, 6) is 0.0733. The van der Waals surface area contributed by atoms with Gasteiger partial charge in [0.15, 0.2) is 0 Å². The average molecular weight is 366 g/mol. The lowest BCUT2D eigenvalue weighted by atomic mass is 9.98. The number of nitrogens with one attached hydrogen (secondary N) is 1. The zero-order valence-electron chi connectivity index (χ0n) is 16.0. The Morgan fingerprint density at radius 1 is 1.20 bits per heavy atom. The van der Waals surface area contributed by atoms with Crippen LogP contribution >= 0.6 is 11.6 Å². The first-order valence-corrected chi connectivity index (χ1v) is 9.69. The van der Waals surface area contributed by atoms with E-state index in [1.165, 1.54) is 0 Å². The Labute approximate surface area is 157 Å². The van der Waals surface area contributed by atoms with E-state index in [-0.39, 0.29) is 17.4 Å². The van der Waals surface area contributed by atoms with Crippen LogP contribution < -0.4 is 5.32 Å². The molecule has 25 heavy (non-hydrogen) atoms. The number of hydrogen-bond donors (Lipinski definition) is 1. The SMILES string of the molecule is CCN1CCN(C(C)(C)CNC(=O)C(C)Cc2ccc(Cl)cc2)CC1. The van der Waals surface area contributed by atoms with E-state index in [0.29, 0.717) is 6.54 Å². The lowest BCUT2D eigenvalue weighted by Crippen LogP contribution is -2.58. The van der Waals surface area contributed by atoms with Gasteiger partial charge in [-0.15, -0.1) is 0 Å². The zero-order valence-corrected chi connectivity index (χ0v) is 16.8. The molecule has 1 aromatic rings. The molecule has 0 bridgehead atoms. The maximum Gasteiger partial charge on any atom is 0.223 e. The maximum absolute atomic E-state index is 12.5. The first-order chi connectivity index (χ1) is 11.8. The molecule has 0 spiro atoms. The molecule has 1 atom stereocenters. The summed E-state index contributed by atoms with van der Waals surface area (Å²) >= 11 is 5.92. The van der Waals surface area contributed by atoms with Crippen LogP contribution in [0.4, 0.5) is 0 Å². The van der Waals surface area contributed by atoms with Crippen molar-refractivity contribution in [2.45, 2.75) is 39.7 Å². The number of carbonyl (C=O) groups is 1. The topological polar surface area (TPSA) is 35.6 Å². The number of halogens is 1. The maximum atomic E-state index is 12.5. The second kappa shape index (κ2) is 9.02. The smallest absolute Gasteiger partial charge is 0.223 e. The van der Waals surface area contributed by atoms with E-state index in [1.807, 2.05) is 31.2 Å². The number of hydrogen-bond acceptors (Lipinski definition) is 3. The third-order valence-corrected chi connectivity index (χ3v) is 5.53. The van der Waals surface area contributed by atoms with Crippen molar-refractivity contribution in [1.82, 2.24) is 15.1 Å². The minimum absolute atomic E-state index is 0.0184. The Morgan fingerprint density at radius 3 is 2.36 bits per heavy atom. The summed E-state index contributed by atoms with van der Waals surface area (Å²) in [6.07, 6.45) is 0.735. The number of nitrogens with zero attached hydrogens (tertiary/aromatic N) is 2. The first-order valence-electron chi connectivity index (χ1n) is 9.31. The highest BCUT2D eigenvalue weighted by molar-refractivity contribution is 6.30. The van der Waals surface area contributed by atoms with Crippen LogP contribution in [0.5, 0.6) is 0 Å². The molecule has 1 heterocycles. The van der Waals surface area contributed by atoms with E-state index in [1.54, 1.807) is 0 Å². The summed E-state index contributed by atoms with van der Waals surface area (Å²) in [4.78, 5) is 17.4. The van der Waals surface area contributed by atoms with E-state index in [0.717, 1.165) is 49.7 Å². The average Bonchev–Trinajstić information content (AvgIpc) is 2.61. The van der Waals surface area contributed by atoms with Crippen molar-refractivity contribution in [3.8, 4) is 0 Å². The minimum atomic E-state index is -0.0473. The standard InChI is InChI=1S/C20H32ClN3O/c1-5-23-10-12-24(13-11-23)20(3,4)15-22-19(25)16(2)14-17-6-8-18(21)9-7-17/h6-9,16H,5,10-15H2,1-4H3,(H,22,25).